The third-order valence-electron chi connectivity index (χ3n) is 5.55. The molecule has 1 atom stereocenters. The molecule has 0 saturated carbocycles. The van der Waals surface area contributed by atoms with E-state index in [2.05, 4.69) is 27.6 Å². The van der Waals surface area contributed by atoms with Gasteiger partial charge >= 0.3 is 0 Å². The number of halogens is 1. The highest BCUT2D eigenvalue weighted by Crippen LogP contribution is 2.31. The van der Waals surface area contributed by atoms with Crippen molar-refractivity contribution in [2.24, 2.45) is 0 Å². The number of imide groups is 1. The molecule has 0 N–H and O–H groups in total. The van der Waals surface area contributed by atoms with Crippen LogP contribution in [-0.2, 0) is 16.1 Å². The van der Waals surface area contributed by atoms with E-state index in [1.165, 1.54) is 19.1 Å². The number of amides is 3. The van der Waals surface area contributed by atoms with Gasteiger partial charge in [-0.05, 0) is 76.7 Å². The number of methoxy groups -OCH3 is 2. The minimum atomic E-state index is -0.951. The van der Waals surface area contributed by atoms with E-state index in [-0.39, 0.29) is 18.9 Å². The number of ether oxygens (including phenoxy) is 2. The second-order valence-electron chi connectivity index (χ2n) is 7.63. The first-order valence-electron chi connectivity index (χ1n) is 10.5. The Kier molecular flexibility index (Phi) is 7.11. The van der Waals surface area contributed by atoms with Crippen molar-refractivity contribution < 1.29 is 23.9 Å². The summed E-state index contributed by atoms with van der Waals surface area (Å²) in [5, 5.41) is 0. The van der Waals surface area contributed by atoms with Crippen LogP contribution in [0.1, 0.15) is 22.3 Å². The Morgan fingerprint density at radius 1 is 1.09 bits per heavy atom. The Labute approximate surface area is 210 Å². The number of rotatable bonds is 7. The molecule has 2 heterocycles. The van der Waals surface area contributed by atoms with Gasteiger partial charge in [-0.15, -0.1) is 0 Å². The van der Waals surface area contributed by atoms with Crippen LogP contribution >= 0.6 is 22.6 Å². The third-order valence-corrected chi connectivity index (χ3v) is 6.27. The molecular weight excluding hydrogens is 549 g/mol. The van der Waals surface area contributed by atoms with E-state index in [0.717, 1.165) is 14.0 Å². The van der Waals surface area contributed by atoms with E-state index in [1.807, 2.05) is 18.2 Å². The van der Waals surface area contributed by atoms with Crippen molar-refractivity contribution in [2.75, 3.05) is 19.1 Å². The quantitative estimate of drug-likeness (QED) is 0.318. The van der Waals surface area contributed by atoms with Crippen molar-refractivity contribution in [2.45, 2.75) is 19.0 Å². The van der Waals surface area contributed by atoms with Crippen LogP contribution in [0.3, 0.4) is 0 Å². The molecule has 8 nitrogen and oxygen atoms in total. The van der Waals surface area contributed by atoms with E-state index in [0.29, 0.717) is 22.7 Å². The van der Waals surface area contributed by atoms with Gasteiger partial charge in [-0.1, -0.05) is 6.07 Å². The Hall–Kier alpha value is -3.47. The molecular formula is C25H22IN3O5. The minimum absolute atomic E-state index is 0.107. The number of nitrogens with zero attached hydrogens (tertiary/aromatic N) is 3. The Morgan fingerprint density at radius 3 is 2.47 bits per heavy atom. The number of pyridine rings is 1. The molecule has 34 heavy (non-hydrogen) atoms. The van der Waals surface area contributed by atoms with Gasteiger partial charge in [0.25, 0.3) is 11.8 Å². The number of aromatic nitrogens is 1. The number of carbonyl (C=O) groups is 3. The molecule has 1 aliphatic heterocycles. The van der Waals surface area contributed by atoms with Crippen molar-refractivity contribution in [3.05, 3.63) is 81.7 Å². The number of benzene rings is 2. The maximum atomic E-state index is 13.7. The molecule has 4 rings (SSSR count). The summed E-state index contributed by atoms with van der Waals surface area (Å²) in [5.74, 6) is -0.323. The summed E-state index contributed by atoms with van der Waals surface area (Å²) in [6, 6.07) is 14.5. The fourth-order valence-electron chi connectivity index (χ4n) is 3.87. The molecule has 1 saturated heterocycles. The largest absolute Gasteiger partial charge is 0.493 e. The van der Waals surface area contributed by atoms with E-state index < -0.39 is 17.9 Å². The van der Waals surface area contributed by atoms with E-state index >= 15 is 0 Å². The van der Waals surface area contributed by atoms with Crippen LogP contribution < -0.4 is 14.4 Å². The molecule has 1 aliphatic rings. The number of hydrogen-bond donors (Lipinski definition) is 0. The summed E-state index contributed by atoms with van der Waals surface area (Å²) >= 11 is 2.16. The summed E-state index contributed by atoms with van der Waals surface area (Å²) in [6.45, 7) is 0.116. The fourth-order valence-corrected chi connectivity index (χ4v) is 4.23. The van der Waals surface area contributed by atoms with Gasteiger partial charge in [0.05, 0.1) is 26.3 Å². The summed E-state index contributed by atoms with van der Waals surface area (Å²) in [5.41, 5.74) is 1.54. The average Bonchev–Trinajstić information content (AvgIpc) is 3.16. The molecule has 9 heteroatoms. The highest BCUT2D eigenvalue weighted by atomic mass is 127. The molecule has 0 bridgehead atoms. The number of hydrogen-bond acceptors (Lipinski definition) is 6. The summed E-state index contributed by atoms with van der Waals surface area (Å²) in [7, 11) is 2.99. The van der Waals surface area contributed by atoms with Gasteiger partial charge in [0.1, 0.15) is 6.04 Å². The monoisotopic (exact) mass is 571 g/mol. The maximum absolute atomic E-state index is 13.7. The van der Waals surface area contributed by atoms with Crippen LogP contribution in [0, 0.1) is 3.57 Å². The van der Waals surface area contributed by atoms with Crippen molar-refractivity contribution in [1.29, 1.82) is 0 Å². The van der Waals surface area contributed by atoms with Crippen LogP contribution in [0.2, 0.25) is 0 Å². The Balaban J connectivity index is 1.70. The van der Waals surface area contributed by atoms with Gasteiger partial charge in [0.15, 0.2) is 11.5 Å². The topological polar surface area (TPSA) is 89.0 Å². The van der Waals surface area contributed by atoms with E-state index in [9.17, 15) is 14.4 Å². The van der Waals surface area contributed by atoms with Crippen LogP contribution in [0.15, 0.2) is 67.0 Å². The highest BCUT2D eigenvalue weighted by Gasteiger charge is 2.44. The molecule has 1 unspecified atom stereocenters. The van der Waals surface area contributed by atoms with Gasteiger partial charge in [-0.2, -0.15) is 0 Å². The van der Waals surface area contributed by atoms with Gasteiger partial charge in [-0.3, -0.25) is 19.4 Å². The lowest BCUT2D eigenvalue weighted by Gasteiger charge is -2.28. The first kappa shape index (κ1) is 23.7. The lowest BCUT2D eigenvalue weighted by Crippen LogP contribution is -2.45. The Morgan fingerprint density at radius 2 is 1.82 bits per heavy atom. The summed E-state index contributed by atoms with van der Waals surface area (Å²) < 4.78 is 11.6. The van der Waals surface area contributed by atoms with Crippen LogP contribution in [0.4, 0.5) is 5.69 Å². The van der Waals surface area contributed by atoms with Crippen LogP contribution in [0.5, 0.6) is 11.5 Å². The first-order valence-corrected chi connectivity index (χ1v) is 11.5. The molecule has 1 aromatic heterocycles. The standard InChI is InChI=1S/C25H22IN3O5/c1-33-21-10-5-17(12-22(21)34-2)24(31)28(15-16-4-3-11-27-14-16)20-13-23(30)29(25(20)32)19-8-6-18(26)7-9-19/h3-12,14,20H,13,15H2,1-2H3. The lowest BCUT2D eigenvalue weighted by atomic mass is 10.1. The number of carbonyl (C=O) groups excluding carboxylic acids is 3. The van der Waals surface area contributed by atoms with Crippen molar-refractivity contribution in [3.8, 4) is 11.5 Å². The van der Waals surface area contributed by atoms with E-state index in [1.54, 1.807) is 48.8 Å². The SMILES string of the molecule is COc1ccc(C(=O)N(Cc2cccnc2)C2CC(=O)N(c3ccc(I)cc3)C2=O)cc1OC. The summed E-state index contributed by atoms with van der Waals surface area (Å²) in [6.07, 6.45) is 3.16. The van der Waals surface area contributed by atoms with Gasteiger partial charge in [0, 0.05) is 28.1 Å². The zero-order valence-corrected chi connectivity index (χ0v) is 20.8. The maximum Gasteiger partial charge on any atom is 0.257 e. The molecule has 3 amide bonds. The highest BCUT2D eigenvalue weighted by molar-refractivity contribution is 14.1. The zero-order valence-electron chi connectivity index (χ0n) is 18.6. The van der Waals surface area contributed by atoms with Gasteiger partial charge < -0.3 is 14.4 Å². The summed E-state index contributed by atoms with van der Waals surface area (Å²) in [4.78, 5) is 46.7. The first-order chi connectivity index (χ1) is 16.4. The van der Waals surface area contributed by atoms with Crippen molar-refractivity contribution in [1.82, 2.24) is 9.88 Å². The molecule has 0 radical (unpaired) electrons. The smallest absolute Gasteiger partial charge is 0.257 e. The van der Waals surface area contributed by atoms with Gasteiger partial charge in [0.2, 0.25) is 5.91 Å². The van der Waals surface area contributed by atoms with Crippen molar-refractivity contribution in [3.63, 3.8) is 0 Å². The molecule has 1 fully saturated rings. The van der Waals surface area contributed by atoms with Crippen LogP contribution in [-0.4, -0.2) is 47.9 Å². The molecule has 174 valence electrons. The predicted molar refractivity (Wildman–Crippen MR) is 134 cm³/mol. The predicted octanol–water partition coefficient (Wildman–Crippen LogP) is 3.68. The number of anilines is 1. The molecule has 3 aromatic rings. The second kappa shape index (κ2) is 10.2. The zero-order chi connectivity index (χ0) is 24.2. The average molecular weight is 571 g/mol. The Bertz CT molecular complexity index is 1220. The van der Waals surface area contributed by atoms with Crippen molar-refractivity contribution >= 4 is 46.0 Å². The van der Waals surface area contributed by atoms with Gasteiger partial charge in [-0.25, -0.2) is 4.90 Å². The van der Waals surface area contributed by atoms with Crippen LogP contribution in [0.25, 0.3) is 0 Å². The lowest BCUT2D eigenvalue weighted by molar-refractivity contribution is -0.122. The minimum Gasteiger partial charge on any atom is -0.493 e. The molecule has 2 aromatic carbocycles. The third kappa shape index (κ3) is 4.74. The second-order valence-corrected chi connectivity index (χ2v) is 8.87. The molecule has 0 aliphatic carbocycles. The normalized spacial score (nSPS) is 15.4. The van der Waals surface area contributed by atoms with E-state index in [4.69, 9.17) is 9.47 Å². The fraction of sp³-hybridized carbons (Fsp3) is 0.200. The molecule has 0 spiro atoms.